The third-order valence-corrected chi connectivity index (χ3v) is 4.51. The Morgan fingerprint density at radius 2 is 1.96 bits per heavy atom. The van der Waals surface area contributed by atoms with Gasteiger partial charge in [0.25, 0.3) is 0 Å². The number of aromatic hydroxyl groups is 1. The zero-order chi connectivity index (χ0) is 19.0. The molecule has 0 saturated heterocycles. The van der Waals surface area contributed by atoms with Crippen LogP contribution in [0.3, 0.4) is 0 Å². The highest BCUT2D eigenvalue weighted by Gasteiger charge is 2.28. The van der Waals surface area contributed by atoms with Gasteiger partial charge in [-0.05, 0) is 29.8 Å². The van der Waals surface area contributed by atoms with Crippen LogP contribution in [0, 0.1) is 0 Å². The molecule has 2 heterocycles. The van der Waals surface area contributed by atoms with Crippen molar-refractivity contribution in [3.8, 4) is 17.2 Å². The molecule has 3 aromatic rings. The van der Waals surface area contributed by atoms with E-state index in [9.17, 15) is 14.7 Å². The molecule has 1 N–H and O–H groups in total. The van der Waals surface area contributed by atoms with E-state index in [4.69, 9.17) is 18.6 Å². The number of esters is 1. The molecule has 0 spiro atoms. The van der Waals surface area contributed by atoms with Crippen LogP contribution in [-0.4, -0.2) is 25.0 Å². The summed E-state index contributed by atoms with van der Waals surface area (Å²) in [4.78, 5) is 24.5. The standard InChI is InChI=1S/C20H16O7/c1-24-17(21)9-13(11-6-7-15-16(8-11)26-10-25-15)20-19(23)18(22)12-4-2-3-5-14(12)27-20/h2-8,13,23H,9-10H2,1H3. The lowest BCUT2D eigenvalue weighted by molar-refractivity contribution is -0.140. The molecule has 1 aromatic heterocycles. The van der Waals surface area contributed by atoms with Crippen LogP contribution in [0.25, 0.3) is 11.0 Å². The smallest absolute Gasteiger partial charge is 0.306 e. The van der Waals surface area contributed by atoms with E-state index in [2.05, 4.69) is 0 Å². The lowest BCUT2D eigenvalue weighted by Gasteiger charge is -2.17. The van der Waals surface area contributed by atoms with Gasteiger partial charge in [0, 0.05) is 0 Å². The molecule has 0 aliphatic carbocycles. The van der Waals surface area contributed by atoms with Crippen molar-refractivity contribution in [2.75, 3.05) is 13.9 Å². The van der Waals surface area contributed by atoms with E-state index in [1.165, 1.54) is 7.11 Å². The minimum absolute atomic E-state index is 0.00275. The molecule has 1 aliphatic heterocycles. The second-order valence-electron chi connectivity index (χ2n) is 6.09. The maximum absolute atomic E-state index is 12.6. The van der Waals surface area contributed by atoms with E-state index in [1.54, 1.807) is 42.5 Å². The maximum Gasteiger partial charge on any atom is 0.306 e. The Morgan fingerprint density at radius 3 is 2.78 bits per heavy atom. The van der Waals surface area contributed by atoms with Crippen molar-refractivity contribution >= 4 is 16.9 Å². The predicted molar refractivity (Wildman–Crippen MR) is 95.2 cm³/mol. The van der Waals surface area contributed by atoms with E-state index in [-0.39, 0.29) is 24.4 Å². The average Bonchev–Trinajstić information content (AvgIpc) is 3.16. The number of methoxy groups -OCH3 is 1. The molecule has 2 aromatic carbocycles. The van der Waals surface area contributed by atoms with Gasteiger partial charge in [-0.3, -0.25) is 9.59 Å². The largest absolute Gasteiger partial charge is 0.502 e. The summed E-state index contributed by atoms with van der Waals surface area (Å²) in [6.07, 6.45) is -0.120. The van der Waals surface area contributed by atoms with Gasteiger partial charge in [0.05, 0.1) is 24.8 Å². The number of hydrogen-bond donors (Lipinski definition) is 1. The minimum Gasteiger partial charge on any atom is -0.502 e. The summed E-state index contributed by atoms with van der Waals surface area (Å²) < 4.78 is 21.3. The van der Waals surface area contributed by atoms with E-state index in [0.717, 1.165) is 0 Å². The predicted octanol–water partition coefficient (Wildman–Crippen LogP) is 2.92. The molecule has 1 unspecified atom stereocenters. The Labute approximate surface area is 153 Å². The van der Waals surface area contributed by atoms with E-state index >= 15 is 0 Å². The molecule has 1 aliphatic rings. The Hall–Kier alpha value is -3.48. The molecule has 138 valence electrons. The third kappa shape index (κ3) is 2.97. The first kappa shape index (κ1) is 17.0. The second kappa shape index (κ2) is 6.68. The minimum atomic E-state index is -0.732. The monoisotopic (exact) mass is 368 g/mol. The van der Waals surface area contributed by atoms with Crippen LogP contribution in [-0.2, 0) is 9.53 Å². The fraction of sp³-hybridized carbons (Fsp3) is 0.200. The highest BCUT2D eigenvalue weighted by Crippen LogP contribution is 2.40. The van der Waals surface area contributed by atoms with Gasteiger partial charge in [-0.1, -0.05) is 18.2 Å². The number of carbonyl (C=O) groups excluding carboxylic acids is 1. The Morgan fingerprint density at radius 1 is 1.19 bits per heavy atom. The SMILES string of the molecule is COC(=O)CC(c1ccc2c(c1)OCO2)c1oc2ccccc2c(=O)c1O. The van der Waals surface area contributed by atoms with Crippen molar-refractivity contribution in [2.45, 2.75) is 12.3 Å². The van der Waals surface area contributed by atoms with Crippen LogP contribution in [0.1, 0.15) is 23.7 Å². The number of hydrogen-bond acceptors (Lipinski definition) is 7. The highest BCUT2D eigenvalue weighted by atomic mass is 16.7. The van der Waals surface area contributed by atoms with Crippen LogP contribution in [0.5, 0.6) is 17.2 Å². The van der Waals surface area contributed by atoms with Crippen LogP contribution in [0.15, 0.2) is 51.7 Å². The summed E-state index contributed by atoms with van der Waals surface area (Å²) in [5.41, 5.74) is 0.395. The average molecular weight is 368 g/mol. The number of fused-ring (bicyclic) bond motifs is 2. The zero-order valence-electron chi connectivity index (χ0n) is 14.4. The molecule has 1 atom stereocenters. The summed E-state index contributed by atoms with van der Waals surface area (Å²) >= 11 is 0. The van der Waals surface area contributed by atoms with Crippen LogP contribution in [0.2, 0.25) is 0 Å². The van der Waals surface area contributed by atoms with Gasteiger partial charge in [-0.25, -0.2) is 0 Å². The van der Waals surface area contributed by atoms with Gasteiger partial charge >= 0.3 is 5.97 Å². The Balaban J connectivity index is 1.89. The van der Waals surface area contributed by atoms with E-state index in [1.807, 2.05) is 0 Å². The summed E-state index contributed by atoms with van der Waals surface area (Å²) in [5, 5.41) is 10.8. The molecular formula is C20H16O7. The molecule has 0 saturated carbocycles. The summed E-state index contributed by atoms with van der Waals surface area (Å²) in [6.45, 7) is 0.108. The van der Waals surface area contributed by atoms with Crippen LogP contribution < -0.4 is 14.9 Å². The van der Waals surface area contributed by atoms with Crippen LogP contribution >= 0.6 is 0 Å². The third-order valence-electron chi connectivity index (χ3n) is 4.51. The van der Waals surface area contributed by atoms with Crippen molar-refractivity contribution < 1.29 is 28.5 Å². The molecule has 4 rings (SSSR count). The van der Waals surface area contributed by atoms with Gasteiger partial charge in [0.1, 0.15) is 5.58 Å². The highest BCUT2D eigenvalue weighted by molar-refractivity contribution is 5.78. The fourth-order valence-electron chi connectivity index (χ4n) is 3.13. The van der Waals surface area contributed by atoms with Crippen LogP contribution in [0.4, 0.5) is 0 Å². The number of carbonyl (C=O) groups is 1. The summed E-state index contributed by atoms with van der Waals surface area (Å²) in [7, 11) is 1.27. The van der Waals surface area contributed by atoms with Crippen molar-refractivity contribution in [2.24, 2.45) is 0 Å². The second-order valence-corrected chi connectivity index (χ2v) is 6.09. The van der Waals surface area contributed by atoms with Gasteiger partial charge in [-0.2, -0.15) is 0 Å². The summed E-state index contributed by atoms with van der Waals surface area (Å²) in [6, 6.07) is 11.7. The van der Waals surface area contributed by atoms with Gasteiger partial charge < -0.3 is 23.7 Å². The molecular weight excluding hydrogens is 352 g/mol. The number of para-hydroxylation sites is 1. The Kier molecular flexibility index (Phi) is 4.19. The zero-order valence-corrected chi connectivity index (χ0v) is 14.4. The molecule has 7 nitrogen and oxygen atoms in total. The van der Waals surface area contributed by atoms with Crippen molar-refractivity contribution in [3.05, 3.63) is 64.0 Å². The molecule has 27 heavy (non-hydrogen) atoms. The summed E-state index contributed by atoms with van der Waals surface area (Å²) in [5.74, 6) is -0.662. The van der Waals surface area contributed by atoms with Gasteiger partial charge in [0.2, 0.25) is 18.0 Å². The lowest BCUT2D eigenvalue weighted by Crippen LogP contribution is -2.13. The van der Waals surface area contributed by atoms with Gasteiger partial charge in [0.15, 0.2) is 17.3 Å². The lowest BCUT2D eigenvalue weighted by atomic mass is 9.91. The fourth-order valence-corrected chi connectivity index (χ4v) is 3.13. The maximum atomic E-state index is 12.6. The first-order chi connectivity index (χ1) is 13.1. The normalized spacial score (nSPS) is 13.5. The Bertz CT molecular complexity index is 1080. The number of ether oxygens (including phenoxy) is 3. The molecule has 0 fully saturated rings. The topological polar surface area (TPSA) is 95.2 Å². The van der Waals surface area contributed by atoms with Crippen molar-refractivity contribution in [1.82, 2.24) is 0 Å². The molecule has 7 heteroatoms. The van der Waals surface area contributed by atoms with E-state index < -0.39 is 23.1 Å². The van der Waals surface area contributed by atoms with Crippen molar-refractivity contribution in [1.29, 1.82) is 0 Å². The molecule has 0 radical (unpaired) electrons. The van der Waals surface area contributed by atoms with Gasteiger partial charge in [-0.15, -0.1) is 0 Å². The molecule has 0 amide bonds. The first-order valence-electron chi connectivity index (χ1n) is 8.29. The quantitative estimate of drug-likeness (QED) is 0.708. The van der Waals surface area contributed by atoms with E-state index in [0.29, 0.717) is 22.6 Å². The number of rotatable bonds is 4. The molecule has 0 bridgehead atoms. The first-order valence-corrected chi connectivity index (χ1v) is 8.29. The van der Waals surface area contributed by atoms with Crippen molar-refractivity contribution in [3.63, 3.8) is 0 Å². The number of benzene rings is 2.